The van der Waals surface area contributed by atoms with Gasteiger partial charge < -0.3 is 5.11 Å². The van der Waals surface area contributed by atoms with Gasteiger partial charge in [-0.1, -0.05) is 49.4 Å². The Morgan fingerprint density at radius 2 is 1.78 bits per heavy atom. The first kappa shape index (κ1) is 15.6. The van der Waals surface area contributed by atoms with Crippen LogP contribution in [-0.2, 0) is 9.84 Å². The molecule has 0 unspecified atom stereocenters. The first-order valence-electron chi connectivity index (χ1n) is 5.79. The summed E-state index contributed by atoms with van der Waals surface area (Å²) in [5.74, 6) is -0.167. The van der Waals surface area contributed by atoms with E-state index in [0.29, 0.717) is 6.42 Å². The number of rotatable bonds is 6. The molecule has 0 aliphatic rings. The van der Waals surface area contributed by atoms with E-state index in [2.05, 4.69) is 6.92 Å². The molecule has 0 atom stereocenters. The summed E-state index contributed by atoms with van der Waals surface area (Å²) in [6, 6.07) is 2.36. The fourth-order valence-electron chi connectivity index (χ4n) is 1.59. The fourth-order valence-corrected chi connectivity index (χ4v) is 3.78. The zero-order valence-corrected chi connectivity index (χ0v) is 12.4. The van der Waals surface area contributed by atoms with Crippen molar-refractivity contribution in [2.24, 2.45) is 0 Å². The lowest BCUT2D eigenvalue weighted by molar-refractivity contribution is 0.475. The molecule has 0 amide bonds. The largest absolute Gasteiger partial charge is 0.506 e. The van der Waals surface area contributed by atoms with Crippen molar-refractivity contribution in [3.05, 3.63) is 22.2 Å². The quantitative estimate of drug-likeness (QED) is 0.806. The first-order chi connectivity index (χ1) is 8.38. The Morgan fingerprint density at radius 1 is 1.11 bits per heavy atom. The number of phenolic OH excluding ortho intramolecular Hbond substituents is 1. The van der Waals surface area contributed by atoms with Crippen LogP contribution in [0.3, 0.4) is 0 Å². The number of phenols is 1. The van der Waals surface area contributed by atoms with Crippen LogP contribution in [0.25, 0.3) is 0 Å². The maximum atomic E-state index is 12.1. The lowest BCUT2D eigenvalue weighted by Gasteiger charge is -2.08. The van der Waals surface area contributed by atoms with Gasteiger partial charge in [-0.05, 0) is 12.5 Å². The lowest BCUT2D eigenvalue weighted by Crippen LogP contribution is -2.07. The lowest BCUT2D eigenvalue weighted by atomic mass is 10.2. The molecule has 1 N–H and O–H groups in total. The molecule has 1 aromatic carbocycles. The number of hydrogen-bond donors (Lipinski definition) is 1. The molecular formula is C12H16Cl2O3S. The van der Waals surface area contributed by atoms with Gasteiger partial charge in [0, 0.05) is 6.07 Å². The van der Waals surface area contributed by atoms with Crippen LogP contribution in [0.4, 0.5) is 0 Å². The zero-order valence-electron chi connectivity index (χ0n) is 10.1. The molecule has 0 saturated heterocycles. The van der Waals surface area contributed by atoms with Gasteiger partial charge in [0.2, 0.25) is 0 Å². The van der Waals surface area contributed by atoms with Gasteiger partial charge >= 0.3 is 0 Å². The van der Waals surface area contributed by atoms with Crippen LogP contribution in [0.2, 0.25) is 10.0 Å². The molecule has 1 aromatic rings. The predicted octanol–water partition coefficient (Wildman–Crippen LogP) is 4.05. The summed E-state index contributed by atoms with van der Waals surface area (Å²) in [7, 11) is -3.44. The van der Waals surface area contributed by atoms with Gasteiger partial charge in [-0.25, -0.2) is 8.42 Å². The highest BCUT2D eigenvalue weighted by molar-refractivity contribution is 7.91. The average Bonchev–Trinajstić information content (AvgIpc) is 2.29. The van der Waals surface area contributed by atoms with Crippen molar-refractivity contribution in [2.75, 3.05) is 5.75 Å². The van der Waals surface area contributed by atoms with Gasteiger partial charge in [0.05, 0.1) is 20.7 Å². The van der Waals surface area contributed by atoms with Crippen molar-refractivity contribution in [1.29, 1.82) is 0 Å². The van der Waals surface area contributed by atoms with Crippen LogP contribution in [-0.4, -0.2) is 19.3 Å². The van der Waals surface area contributed by atoms with Gasteiger partial charge in [0.25, 0.3) is 0 Å². The Labute approximate surface area is 118 Å². The molecule has 0 saturated carbocycles. The number of benzene rings is 1. The van der Waals surface area contributed by atoms with E-state index in [1.165, 1.54) is 6.07 Å². The molecule has 0 aliphatic carbocycles. The van der Waals surface area contributed by atoms with Gasteiger partial charge in [-0.15, -0.1) is 0 Å². The van der Waals surface area contributed by atoms with Crippen LogP contribution in [0.1, 0.15) is 32.6 Å². The van der Waals surface area contributed by atoms with E-state index in [0.717, 1.165) is 25.3 Å². The number of unbranched alkanes of at least 4 members (excludes halogenated alkanes) is 3. The third-order valence-electron chi connectivity index (χ3n) is 2.60. The van der Waals surface area contributed by atoms with Crippen molar-refractivity contribution in [2.45, 2.75) is 37.5 Å². The molecule has 0 aliphatic heterocycles. The third kappa shape index (κ3) is 4.04. The Morgan fingerprint density at radius 3 is 2.39 bits per heavy atom. The Balaban J connectivity index is 2.88. The highest BCUT2D eigenvalue weighted by atomic mass is 35.5. The highest BCUT2D eigenvalue weighted by Gasteiger charge is 2.19. The summed E-state index contributed by atoms with van der Waals surface area (Å²) < 4.78 is 24.1. The van der Waals surface area contributed by atoms with E-state index >= 15 is 0 Å². The van der Waals surface area contributed by atoms with Gasteiger partial charge in [-0.2, -0.15) is 0 Å². The molecule has 0 fully saturated rings. The van der Waals surface area contributed by atoms with Gasteiger partial charge in [0.15, 0.2) is 9.84 Å². The smallest absolute Gasteiger partial charge is 0.179 e. The summed E-state index contributed by atoms with van der Waals surface area (Å²) >= 11 is 11.5. The number of halogens is 2. The normalized spacial score (nSPS) is 11.7. The van der Waals surface area contributed by atoms with Crippen LogP contribution in [0, 0.1) is 0 Å². The summed E-state index contributed by atoms with van der Waals surface area (Å²) in [5, 5.41) is 9.32. The van der Waals surface area contributed by atoms with Crippen LogP contribution >= 0.6 is 23.2 Å². The minimum absolute atomic E-state index is 0.00684. The molecule has 0 radical (unpaired) electrons. The molecular weight excluding hydrogens is 295 g/mol. The maximum absolute atomic E-state index is 12.1. The molecule has 1 rings (SSSR count). The number of hydrogen-bond acceptors (Lipinski definition) is 3. The Hall–Kier alpha value is -0.450. The Bertz CT molecular complexity index is 512. The molecule has 102 valence electrons. The number of sulfone groups is 1. The van der Waals surface area contributed by atoms with Gasteiger partial charge in [0.1, 0.15) is 5.75 Å². The van der Waals surface area contributed by atoms with E-state index in [1.54, 1.807) is 0 Å². The summed E-state index contributed by atoms with van der Waals surface area (Å²) in [5.41, 5.74) is 0. The van der Waals surface area contributed by atoms with Gasteiger partial charge in [-0.3, -0.25) is 0 Å². The second-order valence-corrected chi connectivity index (χ2v) is 7.01. The third-order valence-corrected chi connectivity index (χ3v) is 5.16. The summed E-state index contributed by atoms with van der Waals surface area (Å²) in [6.07, 6.45) is 3.54. The zero-order chi connectivity index (χ0) is 13.8. The summed E-state index contributed by atoms with van der Waals surface area (Å²) in [6.45, 7) is 2.06. The molecule has 0 bridgehead atoms. The molecule has 3 nitrogen and oxygen atoms in total. The van der Waals surface area contributed by atoms with Crippen molar-refractivity contribution in [1.82, 2.24) is 0 Å². The van der Waals surface area contributed by atoms with Crippen molar-refractivity contribution >= 4 is 33.0 Å². The van der Waals surface area contributed by atoms with Crippen molar-refractivity contribution in [3.8, 4) is 5.75 Å². The topological polar surface area (TPSA) is 54.4 Å². The maximum Gasteiger partial charge on any atom is 0.179 e. The molecule has 0 spiro atoms. The van der Waals surface area contributed by atoms with E-state index < -0.39 is 9.84 Å². The molecule has 0 heterocycles. The van der Waals surface area contributed by atoms with Crippen LogP contribution in [0.15, 0.2) is 17.0 Å². The standard InChI is InChI=1S/C12H16Cl2O3S/c1-2-3-4-5-6-18(16,17)12-8-9(13)11(15)7-10(12)14/h7-8,15H,2-6H2,1H3. The monoisotopic (exact) mass is 310 g/mol. The SMILES string of the molecule is CCCCCCS(=O)(=O)c1cc(Cl)c(O)cc1Cl. The molecule has 0 aromatic heterocycles. The average molecular weight is 311 g/mol. The minimum atomic E-state index is -3.44. The summed E-state index contributed by atoms with van der Waals surface area (Å²) in [4.78, 5) is -0.0107. The van der Waals surface area contributed by atoms with Crippen molar-refractivity contribution < 1.29 is 13.5 Å². The first-order valence-corrected chi connectivity index (χ1v) is 8.20. The minimum Gasteiger partial charge on any atom is -0.506 e. The fraction of sp³-hybridized carbons (Fsp3) is 0.500. The van der Waals surface area contributed by atoms with E-state index in [1.807, 2.05) is 0 Å². The van der Waals surface area contributed by atoms with E-state index in [-0.39, 0.29) is 26.4 Å². The Kier molecular flexibility index (Phi) is 5.76. The number of aromatic hydroxyl groups is 1. The van der Waals surface area contributed by atoms with E-state index in [4.69, 9.17) is 23.2 Å². The van der Waals surface area contributed by atoms with Crippen LogP contribution < -0.4 is 0 Å². The second-order valence-electron chi connectivity index (χ2n) is 4.11. The second kappa shape index (κ2) is 6.64. The van der Waals surface area contributed by atoms with E-state index in [9.17, 15) is 13.5 Å². The molecule has 18 heavy (non-hydrogen) atoms. The highest BCUT2D eigenvalue weighted by Crippen LogP contribution is 2.33. The van der Waals surface area contributed by atoms with Crippen molar-refractivity contribution in [3.63, 3.8) is 0 Å². The molecule has 6 heteroatoms. The van der Waals surface area contributed by atoms with Crippen LogP contribution in [0.5, 0.6) is 5.75 Å². The predicted molar refractivity (Wildman–Crippen MR) is 74.3 cm³/mol.